The number of aliphatic hydroxyl groups is 2. The molecule has 1 fully saturated rings. The molecular weight excluding hydrogens is 358 g/mol. The number of tetrazole rings is 1. The number of benzene rings is 2. The van der Waals surface area contributed by atoms with Crippen LogP contribution in [0.15, 0.2) is 54.6 Å². The number of anilines is 1. The van der Waals surface area contributed by atoms with Gasteiger partial charge in [-0.1, -0.05) is 23.3 Å². The Morgan fingerprint density at radius 2 is 1.71 bits per heavy atom. The van der Waals surface area contributed by atoms with Crippen molar-refractivity contribution in [2.75, 3.05) is 24.6 Å². The molecule has 0 amide bonds. The number of hydrogen-bond acceptors (Lipinski definition) is 7. The van der Waals surface area contributed by atoms with Gasteiger partial charge in [-0.15, -0.1) is 0 Å². The van der Waals surface area contributed by atoms with Gasteiger partial charge in [0.1, 0.15) is 11.5 Å². The fourth-order valence-electron chi connectivity index (χ4n) is 3.36. The van der Waals surface area contributed by atoms with Crippen LogP contribution >= 0.6 is 0 Å². The van der Waals surface area contributed by atoms with Gasteiger partial charge in [0.25, 0.3) is 0 Å². The first kappa shape index (κ1) is 18.4. The molecule has 0 spiro atoms. The summed E-state index contributed by atoms with van der Waals surface area (Å²) in [5, 5.41) is 31.9. The van der Waals surface area contributed by atoms with Crippen LogP contribution in [-0.4, -0.2) is 55.7 Å². The average Bonchev–Trinajstić information content (AvgIpc) is 3.13. The van der Waals surface area contributed by atoms with Crippen molar-refractivity contribution in [1.82, 2.24) is 20.2 Å². The van der Waals surface area contributed by atoms with Gasteiger partial charge in [-0.25, -0.2) is 0 Å². The molecule has 0 saturated carbocycles. The number of aliphatic hydroxyl groups excluding tert-OH is 1. The van der Waals surface area contributed by atoms with E-state index in [9.17, 15) is 10.2 Å². The van der Waals surface area contributed by atoms with Gasteiger partial charge in [-0.05, 0) is 66.1 Å². The number of ether oxygens (including phenoxy) is 1. The van der Waals surface area contributed by atoms with Gasteiger partial charge in [0, 0.05) is 13.1 Å². The van der Waals surface area contributed by atoms with Crippen LogP contribution in [0.5, 0.6) is 11.5 Å². The van der Waals surface area contributed by atoms with Crippen LogP contribution < -0.4 is 9.64 Å². The van der Waals surface area contributed by atoms with Crippen molar-refractivity contribution in [2.24, 2.45) is 0 Å². The Labute approximate surface area is 163 Å². The van der Waals surface area contributed by atoms with E-state index in [2.05, 4.69) is 15.5 Å². The molecule has 3 aromatic rings. The number of hydrogen-bond donors (Lipinski definition) is 2. The number of rotatable bonds is 5. The first-order valence-electron chi connectivity index (χ1n) is 9.37. The predicted molar refractivity (Wildman–Crippen MR) is 104 cm³/mol. The highest BCUT2D eigenvalue weighted by molar-refractivity contribution is 5.44. The maximum absolute atomic E-state index is 10.4. The average molecular weight is 381 g/mol. The molecule has 1 aromatic heterocycles. The molecule has 1 saturated heterocycles. The minimum Gasteiger partial charge on any atom is -0.457 e. The van der Waals surface area contributed by atoms with E-state index in [1.54, 1.807) is 4.68 Å². The summed E-state index contributed by atoms with van der Waals surface area (Å²) in [6.07, 6.45) is 1.79. The normalized spacial score (nSPS) is 20.0. The standard InChI is InChI=1S/C20H23N5O3/c26-15-20(27)11-4-13-24(14-12-20)19-21-22-23-25(19)16-7-9-18(10-8-16)28-17-5-2-1-3-6-17/h1-3,5-10,26-27H,4,11-15H2/t20-/m1/s1. The highest BCUT2D eigenvalue weighted by Crippen LogP contribution is 2.26. The molecule has 0 aliphatic carbocycles. The number of nitrogens with zero attached hydrogens (tertiary/aromatic N) is 5. The molecule has 8 nitrogen and oxygen atoms in total. The third-order valence-electron chi connectivity index (χ3n) is 5.01. The summed E-state index contributed by atoms with van der Waals surface area (Å²) in [4.78, 5) is 2.04. The lowest BCUT2D eigenvalue weighted by molar-refractivity contribution is -0.0232. The Bertz CT molecular complexity index is 900. The van der Waals surface area contributed by atoms with E-state index in [0.717, 1.165) is 30.2 Å². The minimum atomic E-state index is -1.02. The van der Waals surface area contributed by atoms with Crippen LogP contribution in [-0.2, 0) is 0 Å². The molecule has 2 N–H and O–H groups in total. The molecule has 2 aromatic carbocycles. The van der Waals surface area contributed by atoms with Crippen LogP contribution in [0.1, 0.15) is 19.3 Å². The lowest BCUT2D eigenvalue weighted by Gasteiger charge is -2.24. The van der Waals surface area contributed by atoms with Crippen LogP contribution in [0.2, 0.25) is 0 Å². The van der Waals surface area contributed by atoms with Gasteiger partial charge in [0.2, 0.25) is 5.95 Å². The first-order chi connectivity index (χ1) is 13.7. The summed E-state index contributed by atoms with van der Waals surface area (Å²) in [5.41, 5.74) is -0.203. The fraction of sp³-hybridized carbons (Fsp3) is 0.350. The summed E-state index contributed by atoms with van der Waals surface area (Å²) in [5.74, 6) is 2.13. The highest BCUT2D eigenvalue weighted by atomic mass is 16.5. The highest BCUT2D eigenvalue weighted by Gasteiger charge is 2.31. The molecule has 0 bridgehead atoms. The van der Waals surface area contributed by atoms with Gasteiger partial charge in [0.05, 0.1) is 17.9 Å². The summed E-state index contributed by atoms with van der Waals surface area (Å²) >= 11 is 0. The third-order valence-corrected chi connectivity index (χ3v) is 5.01. The second-order valence-electron chi connectivity index (χ2n) is 7.02. The fourth-order valence-corrected chi connectivity index (χ4v) is 3.36. The van der Waals surface area contributed by atoms with E-state index < -0.39 is 5.60 Å². The lowest BCUT2D eigenvalue weighted by Crippen LogP contribution is -2.35. The molecular formula is C20H23N5O3. The van der Waals surface area contributed by atoms with E-state index in [1.807, 2.05) is 59.5 Å². The molecule has 8 heteroatoms. The molecule has 4 rings (SSSR count). The molecule has 28 heavy (non-hydrogen) atoms. The van der Waals surface area contributed by atoms with Crippen LogP contribution in [0.25, 0.3) is 5.69 Å². The number of para-hydroxylation sites is 1. The predicted octanol–water partition coefficient (Wildman–Crippen LogP) is 2.17. The summed E-state index contributed by atoms with van der Waals surface area (Å²) < 4.78 is 7.50. The summed E-state index contributed by atoms with van der Waals surface area (Å²) in [7, 11) is 0. The molecule has 1 aliphatic rings. The van der Waals surface area contributed by atoms with Gasteiger partial charge < -0.3 is 19.8 Å². The largest absolute Gasteiger partial charge is 0.457 e. The monoisotopic (exact) mass is 381 g/mol. The van der Waals surface area contributed by atoms with Gasteiger partial charge in [-0.3, -0.25) is 0 Å². The quantitative estimate of drug-likeness (QED) is 0.699. The zero-order valence-corrected chi connectivity index (χ0v) is 15.5. The Morgan fingerprint density at radius 1 is 0.964 bits per heavy atom. The van der Waals surface area contributed by atoms with Gasteiger partial charge >= 0.3 is 0 Å². The zero-order valence-electron chi connectivity index (χ0n) is 15.5. The van der Waals surface area contributed by atoms with E-state index in [0.29, 0.717) is 25.3 Å². The van der Waals surface area contributed by atoms with Crippen LogP contribution in [0.4, 0.5) is 5.95 Å². The molecule has 0 radical (unpaired) electrons. The van der Waals surface area contributed by atoms with E-state index >= 15 is 0 Å². The Hall–Kier alpha value is -2.97. The van der Waals surface area contributed by atoms with Gasteiger partial charge in [-0.2, -0.15) is 4.68 Å². The molecule has 146 valence electrons. The Morgan fingerprint density at radius 3 is 2.46 bits per heavy atom. The molecule has 1 atom stereocenters. The van der Waals surface area contributed by atoms with E-state index in [1.165, 1.54) is 0 Å². The van der Waals surface area contributed by atoms with Crippen molar-refractivity contribution < 1.29 is 14.9 Å². The maximum atomic E-state index is 10.4. The second-order valence-corrected chi connectivity index (χ2v) is 7.02. The maximum Gasteiger partial charge on any atom is 0.250 e. The van der Waals surface area contributed by atoms with Crippen molar-refractivity contribution in [1.29, 1.82) is 0 Å². The van der Waals surface area contributed by atoms with Crippen molar-refractivity contribution in [3.05, 3.63) is 54.6 Å². The van der Waals surface area contributed by atoms with Crippen molar-refractivity contribution in [3.8, 4) is 17.2 Å². The summed E-state index contributed by atoms with van der Waals surface area (Å²) in [6.45, 7) is 1.07. The second kappa shape index (κ2) is 7.95. The van der Waals surface area contributed by atoms with E-state index in [-0.39, 0.29) is 6.61 Å². The Kier molecular flexibility index (Phi) is 5.23. The van der Waals surface area contributed by atoms with E-state index in [4.69, 9.17) is 4.74 Å². The third kappa shape index (κ3) is 3.97. The van der Waals surface area contributed by atoms with Crippen LogP contribution in [0, 0.1) is 0 Å². The Balaban J connectivity index is 1.51. The number of aromatic nitrogens is 4. The SMILES string of the molecule is OC[C@@]1(O)CCCN(c2nnnn2-c2ccc(Oc3ccccc3)cc2)CC1. The van der Waals surface area contributed by atoms with Gasteiger partial charge in [0.15, 0.2) is 0 Å². The molecule has 0 unspecified atom stereocenters. The molecule has 2 heterocycles. The van der Waals surface area contributed by atoms with Crippen molar-refractivity contribution in [3.63, 3.8) is 0 Å². The van der Waals surface area contributed by atoms with Crippen molar-refractivity contribution in [2.45, 2.75) is 24.9 Å². The lowest BCUT2D eigenvalue weighted by atomic mass is 9.96. The zero-order chi connectivity index (χ0) is 19.4. The van der Waals surface area contributed by atoms with Crippen LogP contribution in [0.3, 0.4) is 0 Å². The minimum absolute atomic E-state index is 0.228. The smallest absolute Gasteiger partial charge is 0.250 e. The first-order valence-corrected chi connectivity index (χ1v) is 9.37. The van der Waals surface area contributed by atoms with Crippen molar-refractivity contribution >= 4 is 5.95 Å². The summed E-state index contributed by atoms with van der Waals surface area (Å²) in [6, 6.07) is 17.2. The topological polar surface area (TPSA) is 96.5 Å². The molecule has 1 aliphatic heterocycles.